The van der Waals surface area contributed by atoms with E-state index in [1.165, 1.54) is 24.3 Å². The molecule has 1 aliphatic rings. The number of amides is 2. The van der Waals surface area contributed by atoms with Gasteiger partial charge in [0, 0.05) is 11.4 Å². The Morgan fingerprint density at radius 1 is 1.23 bits per heavy atom. The third-order valence-corrected chi connectivity index (χ3v) is 3.20. The summed E-state index contributed by atoms with van der Waals surface area (Å²) in [5, 5.41) is 5.41. The highest BCUT2D eigenvalue weighted by molar-refractivity contribution is 6.00. The minimum Gasteiger partial charge on any atom is -0.484 e. The largest absolute Gasteiger partial charge is 0.484 e. The van der Waals surface area contributed by atoms with E-state index in [0.29, 0.717) is 17.9 Å². The Labute approximate surface area is 126 Å². The van der Waals surface area contributed by atoms with E-state index in [9.17, 15) is 14.0 Å². The Kier molecular flexibility index (Phi) is 3.74. The summed E-state index contributed by atoms with van der Waals surface area (Å²) in [5.41, 5.74) is 2.22. The maximum absolute atomic E-state index is 12.7. The maximum Gasteiger partial charge on any atom is 0.262 e. The van der Waals surface area contributed by atoms with E-state index in [-0.39, 0.29) is 24.2 Å². The van der Waals surface area contributed by atoms with Gasteiger partial charge in [-0.1, -0.05) is 0 Å². The summed E-state index contributed by atoms with van der Waals surface area (Å²) < 4.78 is 18.0. The van der Waals surface area contributed by atoms with Crippen molar-refractivity contribution < 1.29 is 18.7 Å². The number of carbonyl (C=O) groups is 2. The summed E-state index contributed by atoms with van der Waals surface area (Å²) in [4.78, 5) is 23.1. The van der Waals surface area contributed by atoms with Crippen molar-refractivity contribution in [2.75, 3.05) is 17.2 Å². The molecule has 112 valence electrons. The number of ether oxygens (including phenoxy) is 1. The molecule has 5 nitrogen and oxygen atoms in total. The lowest BCUT2D eigenvalue weighted by Gasteiger charge is -2.08. The number of nitrogens with one attached hydrogen (secondary N) is 2. The molecule has 0 bridgehead atoms. The molecular formula is C16H13FN2O3. The average Bonchev–Trinajstić information content (AvgIpc) is 2.86. The Morgan fingerprint density at radius 3 is 2.77 bits per heavy atom. The Bertz CT molecular complexity index is 729. The quantitative estimate of drug-likeness (QED) is 0.910. The van der Waals surface area contributed by atoms with E-state index in [1.54, 1.807) is 18.2 Å². The Balaban J connectivity index is 1.57. The summed E-state index contributed by atoms with van der Waals surface area (Å²) >= 11 is 0. The molecule has 2 aromatic rings. The van der Waals surface area contributed by atoms with Crippen molar-refractivity contribution in [2.45, 2.75) is 6.42 Å². The van der Waals surface area contributed by atoms with E-state index < -0.39 is 0 Å². The van der Waals surface area contributed by atoms with Crippen LogP contribution in [-0.2, 0) is 16.0 Å². The maximum atomic E-state index is 12.7. The van der Waals surface area contributed by atoms with Gasteiger partial charge in [0.15, 0.2) is 6.61 Å². The monoisotopic (exact) mass is 300 g/mol. The van der Waals surface area contributed by atoms with Crippen LogP contribution in [0.2, 0.25) is 0 Å². The molecule has 2 amide bonds. The first-order chi connectivity index (χ1) is 10.6. The fourth-order valence-electron chi connectivity index (χ4n) is 2.18. The van der Waals surface area contributed by atoms with Crippen LogP contribution in [0.1, 0.15) is 5.56 Å². The highest BCUT2D eigenvalue weighted by Gasteiger charge is 2.17. The van der Waals surface area contributed by atoms with Crippen LogP contribution in [0.15, 0.2) is 42.5 Å². The summed E-state index contributed by atoms with van der Waals surface area (Å²) in [6.07, 6.45) is 0.311. The van der Waals surface area contributed by atoms with Gasteiger partial charge in [0.05, 0.1) is 6.42 Å². The molecule has 0 aromatic heterocycles. The predicted molar refractivity (Wildman–Crippen MR) is 79.3 cm³/mol. The summed E-state index contributed by atoms with van der Waals surface area (Å²) in [5.74, 6) is -0.335. The number of hydrogen-bond donors (Lipinski definition) is 2. The fraction of sp³-hybridized carbons (Fsp3) is 0.125. The molecule has 0 atom stereocenters. The third-order valence-electron chi connectivity index (χ3n) is 3.20. The van der Waals surface area contributed by atoms with Crippen LogP contribution in [0.3, 0.4) is 0 Å². The minimum atomic E-state index is -0.363. The highest BCUT2D eigenvalue weighted by atomic mass is 19.1. The van der Waals surface area contributed by atoms with Gasteiger partial charge in [-0.25, -0.2) is 4.39 Å². The van der Waals surface area contributed by atoms with Crippen molar-refractivity contribution >= 4 is 23.2 Å². The van der Waals surface area contributed by atoms with Crippen LogP contribution in [-0.4, -0.2) is 18.4 Å². The lowest BCUT2D eigenvalue weighted by molar-refractivity contribution is -0.118. The first-order valence-corrected chi connectivity index (χ1v) is 6.71. The van der Waals surface area contributed by atoms with Gasteiger partial charge in [-0.15, -0.1) is 0 Å². The van der Waals surface area contributed by atoms with Crippen LogP contribution in [0.5, 0.6) is 5.75 Å². The van der Waals surface area contributed by atoms with Crippen molar-refractivity contribution in [3.63, 3.8) is 0 Å². The molecule has 22 heavy (non-hydrogen) atoms. The van der Waals surface area contributed by atoms with Crippen molar-refractivity contribution in [2.24, 2.45) is 0 Å². The number of fused-ring (bicyclic) bond motifs is 1. The van der Waals surface area contributed by atoms with Crippen molar-refractivity contribution in [1.29, 1.82) is 0 Å². The number of carbonyl (C=O) groups excluding carboxylic acids is 2. The van der Waals surface area contributed by atoms with Crippen LogP contribution < -0.4 is 15.4 Å². The van der Waals surface area contributed by atoms with Gasteiger partial charge in [0.1, 0.15) is 11.6 Å². The number of hydrogen-bond acceptors (Lipinski definition) is 3. The van der Waals surface area contributed by atoms with E-state index in [1.807, 2.05) is 0 Å². The molecule has 0 aliphatic carbocycles. The molecule has 0 spiro atoms. The van der Waals surface area contributed by atoms with Gasteiger partial charge in [-0.2, -0.15) is 0 Å². The molecule has 2 aromatic carbocycles. The second kappa shape index (κ2) is 5.85. The fourth-order valence-corrected chi connectivity index (χ4v) is 2.18. The molecule has 0 saturated heterocycles. The van der Waals surface area contributed by atoms with Gasteiger partial charge in [-0.3, -0.25) is 9.59 Å². The smallest absolute Gasteiger partial charge is 0.262 e. The van der Waals surface area contributed by atoms with E-state index >= 15 is 0 Å². The van der Waals surface area contributed by atoms with Crippen LogP contribution >= 0.6 is 0 Å². The van der Waals surface area contributed by atoms with Gasteiger partial charge < -0.3 is 15.4 Å². The highest BCUT2D eigenvalue weighted by Crippen LogP contribution is 2.25. The molecule has 0 unspecified atom stereocenters. The molecule has 1 aliphatic heterocycles. The Hall–Kier alpha value is -2.89. The van der Waals surface area contributed by atoms with E-state index in [2.05, 4.69) is 10.6 Å². The number of halogens is 1. The average molecular weight is 300 g/mol. The normalized spacial score (nSPS) is 12.5. The zero-order valence-corrected chi connectivity index (χ0v) is 11.6. The van der Waals surface area contributed by atoms with Crippen molar-refractivity contribution in [1.82, 2.24) is 0 Å². The first-order valence-electron chi connectivity index (χ1n) is 6.71. The van der Waals surface area contributed by atoms with E-state index in [4.69, 9.17) is 4.74 Å². The zero-order valence-electron chi connectivity index (χ0n) is 11.6. The van der Waals surface area contributed by atoms with Gasteiger partial charge in [0.2, 0.25) is 5.91 Å². The standard InChI is InChI=1S/C16H13FN2O3/c17-11-1-4-13(5-2-11)22-9-16(21)18-12-3-6-14-10(7-12)8-15(20)19-14/h1-7H,8-9H2,(H,18,21)(H,19,20). The van der Waals surface area contributed by atoms with Crippen molar-refractivity contribution in [3.8, 4) is 5.75 Å². The molecule has 6 heteroatoms. The molecule has 1 heterocycles. The van der Waals surface area contributed by atoms with Gasteiger partial charge >= 0.3 is 0 Å². The second-order valence-corrected chi connectivity index (χ2v) is 4.89. The van der Waals surface area contributed by atoms with Crippen molar-refractivity contribution in [3.05, 3.63) is 53.8 Å². The molecule has 0 saturated carbocycles. The van der Waals surface area contributed by atoms with Gasteiger partial charge in [0.25, 0.3) is 5.91 Å². The van der Waals surface area contributed by atoms with Crippen LogP contribution in [0.25, 0.3) is 0 Å². The zero-order chi connectivity index (χ0) is 15.5. The minimum absolute atomic E-state index is 0.0573. The van der Waals surface area contributed by atoms with Crippen LogP contribution in [0.4, 0.5) is 15.8 Å². The molecule has 0 radical (unpaired) electrons. The number of benzene rings is 2. The van der Waals surface area contributed by atoms with Gasteiger partial charge in [-0.05, 0) is 48.0 Å². The molecule has 3 rings (SSSR count). The molecular weight excluding hydrogens is 287 g/mol. The summed E-state index contributed by atoms with van der Waals surface area (Å²) in [7, 11) is 0. The van der Waals surface area contributed by atoms with Crippen LogP contribution in [0, 0.1) is 5.82 Å². The first kappa shape index (κ1) is 14.1. The molecule has 2 N–H and O–H groups in total. The second-order valence-electron chi connectivity index (χ2n) is 4.89. The lowest BCUT2D eigenvalue weighted by atomic mass is 10.1. The third kappa shape index (κ3) is 3.22. The SMILES string of the molecule is O=C(COc1ccc(F)cc1)Nc1ccc2c(c1)CC(=O)N2. The topological polar surface area (TPSA) is 67.4 Å². The summed E-state index contributed by atoms with van der Waals surface area (Å²) in [6, 6.07) is 10.6. The predicted octanol–water partition coefficient (Wildman–Crippen LogP) is 2.34. The number of anilines is 2. The summed E-state index contributed by atoms with van der Waals surface area (Å²) in [6.45, 7) is -0.181. The number of rotatable bonds is 4. The Morgan fingerprint density at radius 2 is 2.00 bits per heavy atom. The lowest BCUT2D eigenvalue weighted by Crippen LogP contribution is -2.20. The van der Waals surface area contributed by atoms with E-state index in [0.717, 1.165) is 11.3 Å². The molecule has 0 fully saturated rings.